The van der Waals surface area contributed by atoms with E-state index in [0.29, 0.717) is 25.7 Å². The first-order valence-electron chi connectivity index (χ1n) is 39.1. The number of unbranched alkanes of at least 4 members (excludes halogenated alkanes) is 47. The van der Waals surface area contributed by atoms with Gasteiger partial charge < -0.3 is 33.8 Å². The number of hydrogen-bond donors (Lipinski definition) is 3. The van der Waals surface area contributed by atoms with Crippen LogP contribution in [0.5, 0.6) is 0 Å². The molecular weight excluding hydrogens is 1230 g/mol. The Kier molecular flexibility index (Phi) is 66.8. The topological polar surface area (TPSA) is 237 Å². The van der Waals surface area contributed by atoms with E-state index >= 15 is 0 Å². The summed E-state index contributed by atoms with van der Waals surface area (Å²) in [5.74, 6) is -1.33. The summed E-state index contributed by atoms with van der Waals surface area (Å²) in [6.07, 6.45) is 56.8. The second-order valence-corrected chi connectivity index (χ2v) is 30.4. The van der Waals surface area contributed by atoms with Crippen molar-refractivity contribution < 1.29 is 80.2 Å². The number of phosphoric acid groups is 2. The van der Waals surface area contributed by atoms with Crippen molar-refractivity contribution in [1.29, 1.82) is 0 Å². The molecule has 0 aromatic rings. The van der Waals surface area contributed by atoms with Crippen LogP contribution in [0.2, 0.25) is 0 Å². The molecule has 0 spiro atoms. The zero-order valence-electron chi connectivity index (χ0n) is 61.1. The SMILES string of the molecule is CCCCCCCCCCCCCCCCCCC(=O)O[C@H](COC(=O)CCCCCCCCCCCCCCC(C)C)COP(=O)(O)OC[C@@H](O)COP(=O)(O)OC[C@@H](COC(=O)CCCCCCCCCC)OC(=O)CCCCCCCCCCCCCCCCC. The van der Waals surface area contributed by atoms with Crippen molar-refractivity contribution in [2.75, 3.05) is 39.6 Å². The van der Waals surface area contributed by atoms with Crippen LogP contribution in [-0.2, 0) is 65.4 Å². The summed E-state index contributed by atoms with van der Waals surface area (Å²) in [5.41, 5.74) is 0. The van der Waals surface area contributed by atoms with E-state index < -0.39 is 97.5 Å². The van der Waals surface area contributed by atoms with Gasteiger partial charge in [0, 0.05) is 25.7 Å². The second kappa shape index (κ2) is 68.2. The number of aliphatic hydroxyl groups is 1. The highest BCUT2D eigenvalue weighted by molar-refractivity contribution is 7.47. The quantitative estimate of drug-likeness (QED) is 0.0222. The Morgan fingerprint density at radius 2 is 0.489 bits per heavy atom. The third kappa shape index (κ3) is 68.6. The van der Waals surface area contributed by atoms with Crippen LogP contribution in [0.15, 0.2) is 0 Å². The molecule has 0 bridgehead atoms. The van der Waals surface area contributed by atoms with Crippen molar-refractivity contribution >= 4 is 39.5 Å². The minimum Gasteiger partial charge on any atom is -0.462 e. The predicted molar refractivity (Wildman–Crippen MR) is 382 cm³/mol. The molecule has 0 fully saturated rings. The summed E-state index contributed by atoms with van der Waals surface area (Å²) in [5, 5.41) is 10.6. The van der Waals surface area contributed by atoms with Crippen molar-refractivity contribution in [1.82, 2.24) is 0 Å². The van der Waals surface area contributed by atoms with Crippen LogP contribution in [0.25, 0.3) is 0 Å². The van der Waals surface area contributed by atoms with E-state index in [1.807, 2.05) is 0 Å². The molecule has 0 aliphatic rings. The van der Waals surface area contributed by atoms with Crippen LogP contribution in [0, 0.1) is 5.92 Å². The van der Waals surface area contributed by atoms with E-state index in [1.54, 1.807) is 0 Å². The Hall–Kier alpha value is -1.94. The zero-order valence-corrected chi connectivity index (χ0v) is 62.9. The maximum Gasteiger partial charge on any atom is 0.472 e. The van der Waals surface area contributed by atoms with E-state index in [0.717, 1.165) is 102 Å². The van der Waals surface area contributed by atoms with Gasteiger partial charge in [0.15, 0.2) is 12.2 Å². The summed E-state index contributed by atoms with van der Waals surface area (Å²) in [7, 11) is -9.91. The van der Waals surface area contributed by atoms with Crippen LogP contribution in [0.3, 0.4) is 0 Å². The van der Waals surface area contributed by atoms with E-state index in [2.05, 4.69) is 34.6 Å². The van der Waals surface area contributed by atoms with Gasteiger partial charge in [-0.05, 0) is 31.6 Å². The summed E-state index contributed by atoms with van der Waals surface area (Å²) < 4.78 is 68.5. The molecule has 3 N–H and O–H groups in total. The molecule has 0 rings (SSSR count). The Balaban J connectivity index is 5.22. The summed E-state index contributed by atoms with van der Waals surface area (Å²) in [6.45, 7) is 7.28. The summed E-state index contributed by atoms with van der Waals surface area (Å²) >= 11 is 0. The molecule has 0 amide bonds. The molecule has 0 aliphatic carbocycles. The highest BCUT2D eigenvalue weighted by atomic mass is 31.2. The fourth-order valence-corrected chi connectivity index (χ4v) is 13.1. The molecule has 17 nitrogen and oxygen atoms in total. The second-order valence-electron chi connectivity index (χ2n) is 27.5. The van der Waals surface area contributed by atoms with Crippen molar-refractivity contribution in [2.45, 2.75) is 412 Å². The summed E-state index contributed by atoms with van der Waals surface area (Å²) in [4.78, 5) is 72.7. The average molecular weight is 1380 g/mol. The normalized spacial score (nSPS) is 14.0. The molecule has 0 heterocycles. The molecule has 558 valence electrons. The summed E-state index contributed by atoms with van der Waals surface area (Å²) in [6, 6.07) is 0. The molecular formula is C75H146O17P2. The number of aliphatic hydroxyl groups excluding tert-OH is 1. The number of rotatable bonds is 75. The van der Waals surface area contributed by atoms with Crippen LogP contribution in [0.4, 0.5) is 0 Å². The first-order valence-corrected chi connectivity index (χ1v) is 42.1. The van der Waals surface area contributed by atoms with Gasteiger partial charge in [0.1, 0.15) is 19.3 Å². The van der Waals surface area contributed by atoms with Gasteiger partial charge in [-0.3, -0.25) is 37.3 Å². The Morgan fingerprint density at radius 3 is 0.723 bits per heavy atom. The Labute approximate surface area is 575 Å². The van der Waals surface area contributed by atoms with Crippen LogP contribution >= 0.6 is 15.6 Å². The van der Waals surface area contributed by atoms with Crippen molar-refractivity contribution in [2.24, 2.45) is 5.92 Å². The van der Waals surface area contributed by atoms with Gasteiger partial charge in [0.25, 0.3) is 0 Å². The molecule has 19 heteroatoms. The van der Waals surface area contributed by atoms with E-state index in [4.69, 9.17) is 37.0 Å². The number of carbonyl (C=O) groups is 4. The maximum atomic E-state index is 13.1. The van der Waals surface area contributed by atoms with Gasteiger partial charge in [-0.15, -0.1) is 0 Å². The lowest BCUT2D eigenvalue weighted by molar-refractivity contribution is -0.161. The Morgan fingerprint density at radius 1 is 0.287 bits per heavy atom. The van der Waals surface area contributed by atoms with E-state index in [1.165, 1.54) is 212 Å². The molecule has 0 aromatic carbocycles. The predicted octanol–water partition coefficient (Wildman–Crippen LogP) is 22.1. The fraction of sp³-hybridized carbons (Fsp3) is 0.947. The lowest BCUT2D eigenvalue weighted by atomic mass is 10.0. The van der Waals surface area contributed by atoms with Gasteiger partial charge in [0.05, 0.1) is 26.4 Å². The van der Waals surface area contributed by atoms with E-state index in [9.17, 15) is 43.2 Å². The average Bonchev–Trinajstić information content (AvgIpc) is 1.66. The lowest BCUT2D eigenvalue weighted by Crippen LogP contribution is -2.30. The Bertz CT molecular complexity index is 1810. The number of ether oxygens (including phenoxy) is 4. The standard InChI is InChI=1S/C75H146O17P2/c1-6-9-12-15-18-21-23-25-27-29-31-37-41-46-51-56-61-75(80)92-71(65-86-73(78)59-54-49-44-39-35-33-32-34-38-42-47-52-57-68(4)5)67-90-94(83,84)88-63-69(76)62-87-93(81,82)89-66-70(64-85-72(77)58-53-48-43-20-17-14-11-8-3)91-74(79)60-55-50-45-40-36-30-28-26-24-22-19-16-13-10-7-2/h68-71,76H,6-67H2,1-5H3,(H,81,82)(H,83,84)/t69-,70+,71+/m0/s1. The monoisotopic (exact) mass is 1380 g/mol. The van der Waals surface area contributed by atoms with Gasteiger partial charge >= 0.3 is 39.5 Å². The minimum atomic E-state index is -4.95. The van der Waals surface area contributed by atoms with Crippen LogP contribution in [-0.4, -0.2) is 96.7 Å². The van der Waals surface area contributed by atoms with Gasteiger partial charge in [-0.1, -0.05) is 343 Å². The lowest BCUT2D eigenvalue weighted by Gasteiger charge is -2.21. The zero-order chi connectivity index (χ0) is 69.1. The van der Waals surface area contributed by atoms with Crippen LogP contribution < -0.4 is 0 Å². The molecule has 0 radical (unpaired) electrons. The molecule has 94 heavy (non-hydrogen) atoms. The molecule has 5 atom stereocenters. The van der Waals surface area contributed by atoms with Crippen molar-refractivity contribution in [3.63, 3.8) is 0 Å². The van der Waals surface area contributed by atoms with Crippen molar-refractivity contribution in [3.05, 3.63) is 0 Å². The van der Waals surface area contributed by atoms with Gasteiger partial charge in [-0.2, -0.15) is 0 Å². The first-order chi connectivity index (χ1) is 45.5. The van der Waals surface area contributed by atoms with Crippen molar-refractivity contribution in [3.8, 4) is 0 Å². The maximum absolute atomic E-state index is 13.1. The number of hydrogen-bond acceptors (Lipinski definition) is 15. The van der Waals surface area contributed by atoms with E-state index in [-0.39, 0.29) is 25.7 Å². The fourth-order valence-electron chi connectivity index (χ4n) is 11.5. The molecule has 0 aliphatic heterocycles. The highest BCUT2D eigenvalue weighted by Crippen LogP contribution is 2.45. The first kappa shape index (κ1) is 92.1. The molecule has 0 saturated carbocycles. The number of esters is 4. The smallest absolute Gasteiger partial charge is 0.462 e. The highest BCUT2D eigenvalue weighted by Gasteiger charge is 2.30. The van der Waals surface area contributed by atoms with Gasteiger partial charge in [0.2, 0.25) is 0 Å². The third-order valence-electron chi connectivity index (χ3n) is 17.5. The third-order valence-corrected chi connectivity index (χ3v) is 19.4. The van der Waals surface area contributed by atoms with Gasteiger partial charge in [-0.25, -0.2) is 9.13 Å². The molecule has 0 aromatic heterocycles. The minimum absolute atomic E-state index is 0.108. The molecule has 2 unspecified atom stereocenters. The largest absolute Gasteiger partial charge is 0.472 e. The molecule has 0 saturated heterocycles. The number of carbonyl (C=O) groups excluding carboxylic acids is 4. The number of phosphoric ester groups is 2. The van der Waals surface area contributed by atoms with Crippen LogP contribution in [0.1, 0.15) is 394 Å².